The predicted octanol–water partition coefficient (Wildman–Crippen LogP) is 2.13. The highest BCUT2D eigenvalue weighted by Crippen LogP contribution is 2.28. The van der Waals surface area contributed by atoms with Crippen LogP contribution in [0.15, 0.2) is 18.2 Å². The lowest BCUT2D eigenvalue weighted by atomic mass is 10.3. The predicted molar refractivity (Wildman–Crippen MR) is 59.8 cm³/mol. The third-order valence-electron chi connectivity index (χ3n) is 1.88. The summed E-state index contributed by atoms with van der Waals surface area (Å²) in [6.07, 6.45) is -4.13. The second-order valence-corrected chi connectivity index (χ2v) is 3.61. The van der Waals surface area contributed by atoms with E-state index in [-0.39, 0.29) is 18.3 Å². The van der Waals surface area contributed by atoms with Gasteiger partial charge in [-0.15, -0.1) is 6.58 Å². The van der Waals surface area contributed by atoms with Crippen molar-refractivity contribution >= 4 is 5.82 Å². The van der Waals surface area contributed by atoms with Gasteiger partial charge in [-0.25, -0.2) is 10.8 Å². The van der Waals surface area contributed by atoms with E-state index in [1.807, 2.05) is 5.43 Å². The summed E-state index contributed by atoms with van der Waals surface area (Å²) in [5, 5.41) is 0. The van der Waals surface area contributed by atoms with Crippen molar-refractivity contribution in [2.24, 2.45) is 5.84 Å². The normalized spacial score (nSPS) is 11.2. The number of halogens is 3. The summed E-state index contributed by atoms with van der Waals surface area (Å²) >= 11 is 0. The number of ether oxygens (including phenoxy) is 1. The summed E-state index contributed by atoms with van der Waals surface area (Å²) in [5.74, 6) is 3.38. The lowest BCUT2D eigenvalue weighted by molar-refractivity contribution is -0.145. The molecule has 0 unspecified atom stereocenters. The Morgan fingerprint density at radius 2 is 2.17 bits per heavy atom. The van der Waals surface area contributed by atoms with E-state index in [0.717, 1.165) is 5.57 Å². The highest BCUT2D eigenvalue weighted by Gasteiger charge is 2.35. The van der Waals surface area contributed by atoms with Crippen LogP contribution in [0.1, 0.15) is 19.2 Å². The largest absolute Gasteiger partial charge is 0.477 e. The zero-order valence-electron chi connectivity index (χ0n) is 9.71. The van der Waals surface area contributed by atoms with Gasteiger partial charge in [-0.1, -0.05) is 5.57 Å². The van der Waals surface area contributed by atoms with E-state index in [2.05, 4.69) is 16.5 Å². The van der Waals surface area contributed by atoms with Crippen LogP contribution in [-0.4, -0.2) is 16.6 Å². The molecule has 3 N–H and O–H groups in total. The average Bonchev–Trinajstić information content (AvgIpc) is 2.27. The lowest BCUT2D eigenvalue weighted by Crippen LogP contribution is -2.16. The summed E-state index contributed by atoms with van der Waals surface area (Å²) in [6, 6.07) is 1.19. The molecule has 0 saturated carbocycles. The Morgan fingerprint density at radius 3 is 2.67 bits per heavy atom. The van der Waals surface area contributed by atoms with Crippen molar-refractivity contribution in [3.8, 4) is 5.88 Å². The molecular weight excluding hydrogens is 249 g/mol. The van der Waals surface area contributed by atoms with Gasteiger partial charge < -0.3 is 10.2 Å². The van der Waals surface area contributed by atoms with Gasteiger partial charge >= 0.3 is 6.18 Å². The Balaban J connectivity index is 2.87. The molecule has 8 heteroatoms. The Morgan fingerprint density at radius 1 is 1.50 bits per heavy atom. The van der Waals surface area contributed by atoms with Crippen LogP contribution >= 0.6 is 0 Å². The van der Waals surface area contributed by atoms with Crippen molar-refractivity contribution in [1.82, 2.24) is 9.97 Å². The number of nitrogens with two attached hydrogens (primary N) is 1. The van der Waals surface area contributed by atoms with E-state index >= 15 is 0 Å². The molecule has 0 bridgehead atoms. The van der Waals surface area contributed by atoms with Crippen molar-refractivity contribution < 1.29 is 17.9 Å². The maximum absolute atomic E-state index is 12.5. The summed E-state index contributed by atoms with van der Waals surface area (Å²) < 4.78 is 42.5. The number of aromatic nitrogens is 2. The van der Waals surface area contributed by atoms with Gasteiger partial charge in [0.25, 0.3) is 0 Å². The van der Waals surface area contributed by atoms with Gasteiger partial charge in [0, 0.05) is 12.5 Å². The molecule has 0 aliphatic rings. The molecule has 0 spiro atoms. The molecule has 0 aromatic carbocycles. The zero-order chi connectivity index (χ0) is 13.8. The number of nitrogens with zero attached hydrogens (tertiary/aromatic N) is 2. The Kier molecular flexibility index (Phi) is 4.49. The van der Waals surface area contributed by atoms with E-state index in [4.69, 9.17) is 10.6 Å². The molecule has 1 rings (SSSR count). The summed E-state index contributed by atoms with van der Waals surface area (Å²) in [6.45, 7) is 5.63. The average molecular weight is 262 g/mol. The molecule has 0 amide bonds. The topological polar surface area (TPSA) is 73.1 Å². The van der Waals surface area contributed by atoms with E-state index in [1.54, 1.807) is 6.92 Å². The van der Waals surface area contributed by atoms with Crippen LogP contribution in [0.2, 0.25) is 0 Å². The van der Waals surface area contributed by atoms with Crippen LogP contribution in [-0.2, 0) is 6.18 Å². The second-order valence-electron chi connectivity index (χ2n) is 3.61. The molecular formula is C10H13F3N4O. The number of alkyl halides is 3. The third-order valence-corrected chi connectivity index (χ3v) is 1.88. The highest BCUT2D eigenvalue weighted by molar-refractivity contribution is 5.37. The minimum absolute atomic E-state index is 0.164. The van der Waals surface area contributed by atoms with Gasteiger partial charge in [0.1, 0.15) is 5.82 Å². The summed E-state index contributed by atoms with van der Waals surface area (Å²) in [5.41, 5.74) is 2.89. The maximum atomic E-state index is 12.5. The van der Waals surface area contributed by atoms with E-state index < -0.39 is 12.0 Å². The molecule has 1 heterocycles. The monoisotopic (exact) mass is 262 g/mol. The van der Waals surface area contributed by atoms with Crippen LogP contribution < -0.4 is 16.0 Å². The smallest absolute Gasteiger partial charge is 0.451 e. The van der Waals surface area contributed by atoms with Crippen molar-refractivity contribution in [3.63, 3.8) is 0 Å². The molecule has 0 aliphatic carbocycles. The lowest BCUT2D eigenvalue weighted by Gasteiger charge is -2.10. The van der Waals surface area contributed by atoms with Gasteiger partial charge in [-0.2, -0.15) is 18.2 Å². The number of rotatable bonds is 5. The van der Waals surface area contributed by atoms with Gasteiger partial charge in [0.15, 0.2) is 0 Å². The van der Waals surface area contributed by atoms with Crippen molar-refractivity contribution in [2.75, 3.05) is 12.0 Å². The van der Waals surface area contributed by atoms with Gasteiger partial charge in [0.2, 0.25) is 11.7 Å². The molecule has 0 fully saturated rings. The number of nitrogens with one attached hydrogen (secondary N) is 1. The second kappa shape index (κ2) is 5.67. The Hall–Kier alpha value is -1.83. The first kappa shape index (κ1) is 14.2. The van der Waals surface area contributed by atoms with Gasteiger partial charge in [-0.05, 0) is 6.92 Å². The number of hydrogen-bond donors (Lipinski definition) is 2. The molecule has 0 saturated heterocycles. The van der Waals surface area contributed by atoms with Gasteiger partial charge in [-0.3, -0.25) is 0 Å². The molecule has 5 nitrogen and oxygen atoms in total. The fourth-order valence-electron chi connectivity index (χ4n) is 1.03. The first-order chi connectivity index (χ1) is 8.32. The van der Waals surface area contributed by atoms with Crippen LogP contribution in [0.4, 0.5) is 19.0 Å². The SMILES string of the molecule is C=C(C)CCOc1cc(NN)nc(C(F)(F)F)n1. The molecule has 1 aromatic heterocycles. The highest BCUT2D eigenvalue weighted by atomic mass is 19.4. The Labute approximate surface area is 102 Å². The zero-order valence-corrected chi connectivity index (χ0v) is 9.71. The fraction of sp³-hybridized carbons (Fsp3) is 0.400. The fourth-order valence-corrected chi connectivity index (χ4v) is 1.03. The summed E-state index contributed by atoms with van der Waals surface area (Å²) in [7, 11) is 0. The van der Waals surface area contributed by atoms with E-state index in [1.165, 1.54) is 6.07 Å². The van der Waals surface area contributed by atoms with Crippen LogP contribution in [0.5, 0.6) is 5.88 Å². The minimum Gasteiger partial charge on any atom is -0.477 e. The van der Waals surface area contributed by atoms with Crippen LogP contribution in [0.25, 0.3) is 0 Å². The summed E-state index contributed by atoms with van der Waals surface area (Å²) in [4.78, 5) is 6.46. The number of hydrogen-bond acceptors (Lipinski definition) is 5. The van der Waals surface area contributed by atoms with E-state index in [9.17, 15) is 13.2 Å². The van der Waals surface area contributed by atoms with Gasteiger partial charge in [0.05, 0.1) is 6.61 Å². The quantitative estimate of drug-likeness (QED) is 0.483. The maximum Gasteiger partial charge on any atom is 0.451 e. The number of hydrazine groups is 1. The van der Waals surface area contributed by atoms with Crippen molar-refractivity contribution in [2.45, 2.75) is 19.5 Å². The van der Waals surface area contributed by atoms with Crippen molar-refractivity contribution in [3.05, 3.63) is 24.0 Å². The number of nitrogen functional groups attached to an aromatic ring is 1. The third kappa shape index (κ3) is 4.21. The number of anilines is 1. The van der Waals surface area contributed by atoms with Crippen LogP contribution in [0, 0.1) is 0 Å². The Bertz CT molecular complexity index is 434. The first-order valence-electron chi connectivity index (χ1n) is 5.03. The molecule has 0 aliphatic heterocycles. The molecule has 100 valence electrons. The first-order valence-corrected chi connectivity index (χ1v) is 5.03. The molecule has 0 radical (unpaired) electrons. The standard InChI is InChI=1S/C10H13F3N4O/c1-6(2)3-4-18-8-5-7(17-14)15-9(16-8)10(11,12)13/h5H,1,3-4,14H2,2H3,(H,15,16,17). The van der Waals surface area contributed by atoms with Crippen molar-refractivity contribution in [1.29, 1.82) is 0 Å². The minimum atomic E-state index is -4.65. The molecule has 18 heavy (non-hydrogen) atoms. The van der Waals surface area contributed by atoms with Crippen LogP contribution in [0.3, 0.4) is 0 Å². The van der Waals surface area contributed by atoms with E-state index in [0.29, 0.717) is 6.42 Å². The molecule has 1 aromatic rings. The molecule has 0 atom stereocenters.